The molecule has 0 amide bonds. The maximum atomic E-state index is 6.30. The first-order valence-corrected chi connectivity index (χ1v) is 17.3. The molecular formula is C46H27N5O. The van der Waals surface area contributed by atoms with E-state index in [1.165, 1.54) is 26.9 Å². The molecule has 11 rings (SSSR count). The highest BCUT2D eigenvalue weighted by Gasteiger charge is 2.21. The number of furan rings is 1. The normalized spacial score (nSPS) is 11.8. The lowest BCUT2D eigenvalue weighted by Gasteiger charge is -2.13. The molecule has 52 heavy (non-hydrogen) atoms. The zero-order chi connectivity index (χ0) is 34.2. The molecule has 8 aromatic carbocycles. The number of fused-ring (bicyclic) bond motifs is 10. The molecule has 0 fully saturated rings. The van der Waals surface area contributed by atoms with E-state index in [1.807, 2.05) is 60.7 Å². The summed E-state index contributed by atoms with van der Waals surface area (Å²) in [6.07, 6.45) is 0. The molecule has 11 aromatic rings. The fourth-order valence-corrected chi connectivity index (χ4v) is 7.66. The average Bonchev–Trinajstić information content (AvgIpc) is 3.80. The molecule has 3 heterocycles. The number of benzene rings is 8. The van der Waals surface area contributed by atoms with E-state index in [2.05, 4.69) is 108 Å². The number of aromatic nitrogens is 5. The molecular weight excluding hydrogens is 639 g/mol. The lowest BCUT2D eigenvalue weighted by Crippen LogP contribution is -2.05. The van der Waals surface area contributed by atoms with Gasteiger partial charge in [-0.3, -0.25) is 4.57 Å². The molecule has 0 unspecified atom stereocenters. The Labute approximate surface area is 297 Å². The highest BCUT2D eigenvalue weighted by Crippen LogP contribution is 2.38. The number of hydrogen-bond donors (Lipinski definition) is 0. The molecule has 0 N–H and O–H groups in total. The fourth-order valence-electron chi connectivity index (χ4n) is 7.66. The van der Waals surface area contributed by atoms with Gasteiger partial charge in [-0.05, 0) is 80.8 Å². The van der Waals surface area contributed by atoms with Crippen molar-refractivity contribution in [3.63, 3.8) is 0 Å². The highest BCUT2D eigenvalue weighted by atomic mass is 16.3. The average molecular weight is 666 g/mol. The zero-order valence-corrected chi connectivity index (χ0v) is 27.7. The van der Waals surface area contributed by atoms with Crippen LogP contribution in [-0.4, -0.2) is 24.5 Å². The first-order valence-electron chi connectivity index (χ1n) is 17.3. The molecule has 0 saturated heterocycles. The third-order valence-electron chi connectivity index (χ3n) is 10.0. The summed E-state index contributed by atoms with van der Waals surface area (Å²) in [7, 11) is 0. The van der Waals surface area contributed by atoms with Crippen molar-refractivity contribution < 1.29 is 4.42 Å². The molecule has 0 spiro atoms. The van der Waals surface area contributed by atoms with Gasteiger partial charge in [0.1, 0.15) is 11.2 Å². The Bertz CT molecular complexity index is 3160. The molecule has 242 valence electrons. The Kier molecular flexibility index (Phi) is 6.15. The van der Waals surface area contributed by atoms with E-state index in [1.54, 1.807) is 0 Å². The predicted molar refractivity (Wildman–Crippen MR) is 211 cm³/mol. The molecule has 3 aromatic heterocycles. The molecule has 0 radical (unpaired) electrons. The van der Waals surface area contributed by atoms with Crippen LogP contribution >= 0.6 is 0 Å². The van der Waals surface area contributed by atoms with E-state index in [4.69, 9.17) is 24.4 Å². The van der Waals surface area contributed by atoms with Gasteiger partial charge < -0.3 is 4.42 Å². The first kappa shape index (κ1) is 28.6. The first-order chi connectivity index (χ1) is 25.8. The molecule has 6 heteroatoms. The van der Waals surface area contributed by atoms with Gasteiger partial charge in [-0.1, -0.05) is 115 Å². The Hall–Kier alpha value is -7.18. The lowest BCUT2D eigenvalue weighted by atomic mass is 9.93. The number of rotatable bonds is 4. The Morgan fingerprint density at radius 1 is 0.365 bits per heavy atom. The number of para-hydroxylation sites is 4. The molecule has 0 aliphatic heterocycles. The van der Waals surface area contributed by atoms with Gasteiger partial charge in [0, 0.05) is 27.6 Å². The second-order valence-electron chi connectivity index (χ2n) is 13.1. The van der Waals surface area contributed by atoms with Gasteiger partial charge in [-0.2, -0.15) is 0 Å². The van der Waals surface area contributed by atoms with Crippen molar-refractivity contribution >= 4 is 65.3 Å². The molecule has 0 atom stereocenters. The topological polar surface area (TPSA) is 69.6 Å². The third-order valence-corrected chi connectivity index (χ3v) is 10.0. The van der Waals surface area contributed by atoms with Crippen molar-refractivity contribution in [2.45, 2.75) is 0 Å². The fraction of sp³-hybridized carbons (Fsp3) is 0. The van der Waals surface area contributed by atoms with E-state index in [0.717, 1.165) is 55.2 Å². The van der Waals surface area contributed by atoms with Crippen LogP contribution in [0.3, 0.4) is 0 Å². The highest BCUT2D eigenvalue weighted by molar-refractivity contribution is 6.25. The van der Waals surface area contributed by atoms with Crippen LogP contribution in [-0.2, 0) is 0 Å². The van der Waals surface area contributed by atoms with Crippen molar-refractivity contribution in [2.75, 3.05) is 0 Å². The molecule has 0 aliphatic carbocycles. The van der Waals surface area contributed by atoms with Gasteiger partial charge in [-0.25, -0.2) is 19.9 Å². The van der Waals surface area contributed by atoms with Crippen LogP contribution in [0.25, 0.3) is 105 Å². The summed E-state index contributed by atoms with van der Waals surface area (Å²) < 4.78 is 8.42. The van der Waals surface area contributed by atoms with Crippen LogP contribution in [0.15, 0.2) is 168 Å². The summed E-state index contributed by atoms with van der Waals surface area (Å²) in [5.74, 6) is 2.22. The summed E-state index contributed by atoms with van der Waals surface area (Å²) >= 11 is 0. The third kappa shape index (κ3) is 4.38. The van der Waals surface area contributed by atoms with Crippen LogP contribution < -0.4 is 0 Å². The number of hydrogen-bond acceptors (Lipinski definition) is 5. The van der Waals surface area contributed by atoms with E-state index in [-0.39, 0.29) is 0 Å². The van der Waals surface area contributed by atoms with Gasteiger partial charge in [-0.15, -0.1) is 0 Å². The van der Waals surface area contributed by atoms with Gasteiger partial charge >= 0.3 is 0 Å². The van der Waals surface area contributed by atoms with Gasteiger partial charge in [0.25, 0.3) is 0 Å². The van der Waals surface area contributed by atoms with Crippen LogP contribution in [0, 0.1) is 0 Å². The minimum absolute atomic E-state index is 0.480. The Morgan fingerprint density at radius 3 is 1.62 bits per heavy atom. The Morgan fingerprint density at radius 2 is 0.885 bits per heavy atom. The standard InChI is InChI=1S/C46H27N5O/c1-2-12-30(13-3-1)51-40-20-10-9-19-39(40)47-46(51)45-49-43(48-44(50-45)29-23-25-37-36-18-8-11-21-41(36)52-42(37)27-29)28-22-24-35-33-16-5-4-14-31(33)32-15-6-7-17-34(32)38(35)26-28/h1-27H. The minimum Gasteiger partial charge on any atom is -0.456 e. The largest absolute Gasteiger partial charge is 0.456 e. The van der Waals surface area contributed by atoms with E-state index >= 15 is 0 Å². The van der Waals surface area contributed by atoms with Crippen molar-refractivity contribution in [3.05, 3.63) is 164 Å². The zero-order valence-electron chi connectivity index (χ0n) is 27.7. The SMILES string of the molecule is c1ccc(-n2c(-c3nc(-c4ccc5c(c4)oc4ccccc45)nc(-c4ccc5c6ccccc6c6ccccc6c5c4)n3)nc3ccccc32)cc1. The maximum absolute atomic E-state index is 6.30. The quantitative estimate of drug-likeness (QED) is 0.175. The number of imidazole rings is 1. The molecule has 0 saturated carbocycles. The van der Waals surface area contributed by atoms with Crippen molar-refractivity contribution in [1.82, 2.24) is 24.5 Å². The van der Waals surface area contributed by atoms with Crippen molar-refractivity contribution in [1.29, 1.82) is 0 Å². The maximum Gasteiger partial charge on any atom is 0.200 e. The van der Waals surface area contributed by atoms with Crippen LogP contribution in [0.1, 0.15) is 0 Å². The lowest BCUT2D eigenvalue weighted by molar-refractivity contribution is 0.669. The summed E-state index contributed by atoms with van der Waals surface area (Å²) in [5, 5.41) is 9.33. The van der Waals surface area contributed by atoms with E-state index in [0.29, 0.717) is 23.3 Å². The van der Waals surface area contributed by atoms with Gasteiger partial charge in [0.15, 0.2) is 23.3 Å². The summed E-state index contributed by atoms with van der Waals surface area (Å²) in [6.45, 7) is 0. The van der Waals surface area contributed by atoms with Gasteiger partial charge in [0.2, 0.25) is 0 Å². The van der Waals surface area contributed by atoms with Gasteiger partial charge in [0.05, 0.1) is 11.0 Å². The van der Waals surface area contributed by atoms with E-state index in [9.17, 15) is 0 Å². The van der Waals surface area contributed by atoms with Crippen molar-refractivity contribution in [2.24, 2.45) is 0 Å². The second-order valence-corrected chi connectivity index (χ2v) is 13.1. The summed E-state index contributed by atoms with van der Waals surface area (Å²) in [5.41, 5.74) is 6.16. The van der Waals surface area contributed by atoms with Crippen molar-refractivity contribution in [3.8, 4) is 40.1 Å². The summed E-state index contributed by atoms with van der Waals surface area (Å²) in [4.78, 5) is 20.6. The van der Waals surface area contributed by atoms with Crippen LogP contribution in [0.2, 0.25) is 0 Å². The number of nitrogens with zero attached hydrogens (tertiary/aromatic N) is 5. The molecule has 0 aliphatic rings. The molecule has 6 nitrogen and oxygen atoms in total. The van der Waals surface area contributed by atoms with E-state index < -0.39 is 0 Å². The smallest absolute Gasteiger partial charge is 0.200 e. The molecule has 0 bridgehead atoms. The van der Waals surface area contributed by atoms with Crippen LogP contribution in [0.5, 0.6) is 0 Å². The second kappa shape index (κ2) is 11.2. The predicted octanol–water partition coefficient (Wildman–Crippen LogP) is 11.6. The Balaban J connectivity index is 1.19. The monoisotopic (exact) mass is 665 g/mol. The van der Waals surface area contributed by atoms with Crippen LogP contribution in [0.4, 0.5) is 0 Å². The minimum atomic E-state index is 0.480. The summed E-state index contributed by atoms with van der Waals surface area (Å²) in [6, 6.07) is 56.4.